The van der Waals surface area contributed by atoms with E-state index in [-0.39, 0.29) is 28.8 Å². The summed E-state index contributed by atoms with van der Waals surface area (Å²) in [7, 11) is 0. The maximum atomic E-state index is 12.9. The lowest BCUT2D eigenvalue weighted by molar-refractivity contribution is -0.185. The Bertz CT molecular complexity index is 916. The molecule has 0 N–H and O–H groups in total. The van der Waals surface area contributed by atoms with Crippen LogP contribution < -0.4 is 0 Å². The van der Waals surface area contributed by atoms with Crippen LogP contribution in [0.1, 0.15) is 77.2 Å². The number of fused-ring (bicyclic) bond motifs is 5. The number of ether oxygens (including phenoxy) is 1. The molecule has 0 unspecified atom stereocenters. The Morgan fingerprint density at radius 3 is 2.57 bits per heavy atom. The largest absolute Gasteiger partial charge is 0.451 e. The third-order valence-corrected chi connectivity index (χ3v) is 8.78. The van der Waals surface area contributed by atoms with E-state index in [0.29, 0.717) is 31.6 Å². The summed E-state index contributed by atoms with van der Waals surface area (Å²) in [6.07, 6.45) is 8.10. The van der Waals surface area contributed by atoms with Crippen LogP contribution in [0.2, 0.25) is 0 Å². The van der Waals surface area contributed by atoms with Gasteiger partial charge in [-0.2, -0.15) is 0 Å². The summed E-state index contributed by atoms with van der Waals surface area (Å²) in [5.41, 5.74) is 0.198. The van der Waals surface area contributed by atoms with Crippen LogP contribution in [0.25, 0.3) is 0 Å². The van der Waals surface area contributed by atoms with Crippen LogP contribution in [0, 0.1) is 28.6 Å². The summed E-state index contributed by atoms with van der Waals surface area (Å²) >= 11 is 0. The first-order chi connectivity index (χ1) is 14.3. The first-order valence-corrected chi connectivity index (χ1v) is 10.4. The van der Waals surface area contributed by atoms with Crippen LogP contribution in [0.4, 0.5) is 0 Å². The van der Waals surface area contributed by atoms with Gasteiger partial charge < -0.3 is 4.74 Å². The minimum Gasteiger partial charge on any atom is -0.451 e. The van der Waals surface area contributed by atoms with Crippen molar-refractivity contribution in [3.63, 3.8) is 0 Å². The normalized spacial score (nSPS) is 46.6. The van der Waals surface area contributed by atoms with Crippen molar-refractivity contribution in [3.8, 4) is 0 Å². The number of hydrogen-bond donors (Lipinski definition) is 0. The Hall–Kier alpha value is -1.71. The zero-order valence-corrected chi connectivity index (χ0v) is 17.3. The molecule has 0 heterocycles. The zero-order chi connectivity index (χ0) is 23.0. The second-order valence-corrected chi connectivity index (χ2v) is 9.85. The fourth-order valence-electron chi connectivity index (χ4n) is 7.39. The fraction of sp³-hybridized carbons (Fsp3) is 0.708. The van der Waals surface area contributed by atoms with Gasteiger partial charge >= 0.3 is 5.97 Å². The third-order valence-electron chi connectivity index (χ3n) is 8.78. The predicted molar refractivity (Wildman–Crippen MR) is 106 cm³/mol. The summed E-state index contributed by atoms with van der Waals surface area (Å²) in [5, 5.41) is 0. The number of carbonyl (C=O) groups is 3. The first-order valence-electron chi connectivity index (χ1n) is 11.9. The van der Waals surface area contributed by atoms with E-state index in [4.69, 9.17) is 8.85 Å². The standard InChI is InChI=1S/C24H32O4/c1-14-12-18-19(22(4)9-6-17(27)13-21(14)22)7-10-23(5)20(18)8-11-24(23,15(2)25)28-16(3)26/h12-13,18-20H,6-11H2,1-5H3/t18-,19+,20+,22-,23+,24+/m1/s1/i3D3,16+1. The van der Waals surface area contributed by atoms with E-state index in [1.807, 2.05) is 13.0 Å². The van der Waals surface area contributed by atoms with Gasteiger partial charge in [-0.25, -0.2) is 0 Å². The van der Waals surface area contributed by atoms with E-state index in [1.54, 1.807) is 0 Å². The van der Waals surface area contributed by atoms with E-state index in [1.165, 1.54) is 6.92 Å². The number of ketones is 2. The van der Waals surface area contributed by atoms with Crippen molar-refractivity contribution in [2.75, 3.05) is 0 Å². The average molecular weight is 389 g/mol. The molecule has 2 saturated carbocycles. The lowest BCUT2D eigenvalue weighted by atomic mass is 9.47. The molecule has 6 atom stereocenters. The minimum absolute atomic E-state index is 0.0738. The fourth-order valence-corrected chi connectivity index (χ4v) is 7.39. The second kappa shape index (κ2) is 6.14. The van der Waals surface area contributed by atoms with Crippen LogP contribution in [-0.4, -0.2) is 23.1 Å². The maximum Gasteiger partial charge on any atom is 0.303 e. The molecule has 4 heteroatoms. The molecule has 0 aliphatic heterocycles. The zero-order valence-electron chi connectivity index (χ0n) is 20.3. The Morgan fingerprint density at radius 1 is 1.18 bits per heavy atom. The van der Waals surface area contributed by atoms with Crippen LogP contribution in [-0.2, 0) is 19.1 Å². The molecule has 4 nitrogen and oxygen atoms in total. The van der Waals surface area contributed by atoms with E-state index in [9.17, 15) is 14.4 Å². The Morgan fingerprint density at radius 2 is 1.89 bits per heavy atom. The quantitative estimate of drug-likeness (QED) is 0.513. The Balaban J connectivity index is 1.76. The lowest BCUT2D eigenvalue weighted by Gasteiger charge is -2.58. The molecule has 0 bridgehead atoms. The monoisotopic (exact) mass is 388 g/mol. The lowest BCUT2D eigenvalue weighted by Crippen LogP contribution is -2.58. The summed E-state index contributed by atoms with van der Waals surface area (Å²) in [5.74, 6) is -0.681. The minimum atomic E-state index is -2.89. The van der Waals surface area contributed by atoms with Crippen LogP contribution in [0.3, 0.4) is 0 Å². The van der Waals surface area contributed by atoms with Crippen LogP contribution >= 0.6 is 0 Å². The SMILES string of the molecule is [2H]C([2H])([2H])[13C](=O)O[C@]1(C(C)=O)CC[C@H]2[C@@H]3C=C(C)C4=CC(=O)CC[C@]4(C)[C@H]3CC[C@@]21C. The summed E-state index contributed by atoms with van der Waals surface area (Å²) in [4.78, 5) is 37.4. The van der Waals surface area contributed by atoms with E-state index in [2.05, 4.69) is 19.9 Å². The van der Waals surface area contributed by atoms with E-state index < -0.39 is 23.8 Å². The summed E-state index contributed by atoms with van der Waals surface area (Å²) < 4.78 is 28.0. The van der Waals surface area contributed by atoms with E-state index in [0.717, 1.165) is 24.0 Å². The van der Waals surface area contributed by atoms with Gasteiger partial charge in [0.05, 0.1) is 0 Å². The van der Waals surface area contributed by atoms with Crippen molar-refractivity contribution in [2.45, 2.75) is 78.7 Å². The molecule has 0 radical (unpaired) electrons. The molecule has 0 aromatic rings. The van der Waals surface area contributed by atoms with Crippen molar-refractivity contribution >= 4 is 17.5 Å². The number of allylic oxidation sites excluding steroid dienone is 4. The highest BCUT2D eigenvalue weighted by Gasteiger charge is 2.67. The maximum absolute atomic E-state index is 12.9. The second-order valence-electron chi connectivity index (χ2n) is 9.85. The number of Topliss-reactive ketones (excluding diaryl/α,β-unsaturated/α-hetero) is 1. The van der Waals surface area contributed by atoms with Gasteiger partial charge in [0, 0.05) is 22.8 Å². The molecular weight excluding hydrogens is 353 g/mol. The molecule has 0 saturated heterocycles. The summed E-state index contributed by atoms with van der Waals surface area (Å²) in [6.45, 7) is 4.87. The molecular formula is C24H32O4. The number of esters is 1. The highest BCUT2D eigenvalue weighted by Crippen LogP contribution is 2.67. The van der Waals surface area contributed by atoms with Crippen LogP contribution in [0.5, 0.6) is 0 Å². The van der Waals surface area contributed by atoms with Crippen LogP contribution in [0.15, 0.2) is 23.3 Å². The summed E-state index contributed by atoms with van der Waals surface area (Å²) in [6, 6.07) is 0. The predicted octanol–water partition coefficient (Wildman–Crippen LogP) is 4.58. The van der Waals surface area contributed by atoms with Crippen molar-refractivity contribution in [1.82, 2.24) is 0 Å². The van der Waals surface area contributed by atoms with Gasteiger partial charge in [-0.1, -0.05) is 25.5 Å². The molecule has 0 amide bonds. The average Bonchev–Trinajstić information content (AvgIpc) is 2.96. The van der Waals surface area contributed by atoms with Crippen molar-refractivity contribution in [3.05, 3.63) is 23.3 Å². The number of carbonyl (C=O) groups excluding carboxylic acids is 3. The Labute approximate surface area is 172 Å². The topological polar surface area (TPSA) is 60.4 Å². The highest BCUT2D eigenvalue weighted by molar-refractivity contribution is 5.92. The van der Waals surface area contributed by atoms with Gasteiger partial charge in [-0.15, -0.1) is 0 Å². The highest BCUT2D eigenvalue weighted by atomic mass is 16.6. The van der Waals surface area contributed by atoms with Crippen molar-refractivity contribution in [2.24, 2.45) is 28.6 Å². The van der Waals surface area contributed by atoms with Crippen molar-refractivity contribution < 1.29 is 23.2 Å². The molecule has 4 rings (SSSR count). The molecule has 4 aliphatic carbocycles. The Kier molecular flexibility index (Phi) is 3.54. The van der Waals surface area contributed by atoms with Gasteiger partial charge in [-0.05, 0) is 80.8 Å². The number of rotatable bonds is 2. The van der Waals surface area contributed by atoms with Crippen molar-refractivity contribution in [1.29, 1.82) is 0 Å². The molecule has 152 valence electrons. The smallest absolute Gasteiger partial charge is 0.303 e. The molecule has 2 fully saturated rings. The molecule has 0 spiro atoms. The van der Waals surface area contributed by atoms with E-state index >= 15 is 0 Å². The third kappa shape index (κ3) is 2.39. The van der Waals surface area contributed by atoms with Gasteiger partial charge in [0.15, 0.2) is 17.2 Å². The van der Waals surface area contributed by atoms with Gasteiger partial charge in [0.1, 0.15) is 0 Å². The van der Waals surface area contributed by atoms with Gasteiger partial charge in [0.25, 0.3) is 0 Å². The first kappa shape index (κ1) is 16.1. The van der Waals surface area contributed by atoms with Gasteiger partial charge in [-0.3, -0.25) is 14.4 Å². The molecule has 0 aromatic heterocycles. The molecule has 28 heavy (non-hydrogen) atoms. The molecule has 0 aromatic carbocycles. The van der Waals surface area contributed by atoms with Gasteiger partial charge in [0.2, 0.25) is 0 Å². The molecule has 4 aliphatic rings. The number of hydrogen-bond acceptors (Lipinski definition) is 4.